The molecule has 3 nitrogen and oxygen atoms in total. The lowest BCUT2D eigenvalue weighted by molar-refractivity contribution is 0.370. The third-order valence-corrected chi connectivity index (χ3v) is 7.49. The highest BCUT2D eigenvalue weighted by atomic mass is 127. The van der Waals surface area contributed by atoms with E-state index in [1.54, 1.807) is 0 Å². The van der Waals surface area contributed by atoms with Gasteiger partial charge in [-0.25, -0.2) is 0 Å². The minimum Gasteiger partial charge on any atom is -0.324 e. The Balaban J connectivity index is 3.02. The molecule has 0 aromatic rings. The van der Waals surface area contributed by atoms with E-state index in [9.17, 15) is 4.57 Å². The Bertz CT molecular complexity index is 360. The molecule has 0 atom stereocenters. The van der Waals surface area contributed by atoms with Crippen LogP contribution in [0, 0.1) is 0 Å². The Kier molecular flexibility index (Phi) is 24.3. The average Bonchev–Trinajstić information content (AvgIpc) is 2.67. The van der Waals surface area contributed by atoms with Gasteiger partial charge in [0.15, 0.2) is 0 Å². The molecule has 0 aliphatic rings. The predicted octanol–water partition coefficient (Wildman–Crippen LogP) is 9.18. The average molecular weight is 545 g/mol. The van der Waals surface area contributed by atoms with Crippen molar-refractivity contribution in [3.8, 4) is 0 Å². The fraction of sp³-hybridized carbons (Fsp3) is 1.00. The maximum absolute atomic E-state index is 10.7. The molecule has 0 spiro atoms. The minimum absolute atomic E-state index is 0.0615. The molecular weight excluding hydrogens is 494 g/mol. The van der Waals surface area contributed by atoms with Crippen LogP contribution in [0.4, 0.5) is 0 Å². The number of halogens is 1. The highest BCUT2D eigenvalue weighted by molar-refractivity contribution is 14.1. The Hall–Kier alpha value is 0.880. The second-order valence-corrected chi connectivity index (χ2v) is 11.7. The van der Waals surface area contributed by atoms with E-state index in [-0.39, 0.29) is 6.16 Å². The molecular formula is C24H50IO3P. The first-order valence-electron chi connectivity index (χ1n) is 12.7. The van der Waals surface area contributed by atoms with Gasteiger partial charge in [-0.3, -0.25) is 4.57 Å². The van der Waals surface area contributed by atoms with Crippen molar-refractivity contribution in [2.45, 2.75) is 141 Å². The van der Waals surface area contributed by atoms with Gasteiger partial charge in [0.1, 0.15) is 0 Å². The van der Waals surface area contributed by atoms with Crippen LogP contribution in [0.3, 0.4) is 0 Å². The smallest absolute Gasteiger partial charge is 0.324 e. The number of hydrogen-bond acceptors (Lipinski definition) is 1. The van der Waals surface area contributed by atoms with Crippen LogP contribution in [0.2, 0.25) is 0 Å². The van der Waals surface area contributed by atoms with Crippen molar-refractivity contribution < 1.29 is 14.4 Å². The van der Waals surface area contributed by atoms with Crippen LogP contribution in [-0.2, 0) is 4.57 Å². The Morgan fingerprint density at radius 2 is 0.621 bits per heavy atom. The molecule has 2 N–H and O–H groups in total. The van der Waals surface area contributed by atoms with Gasteiger partial charge < -0.3 is 9.79 Å². The summed E-state index contributed by atoms with van der Waals surface area (Å²) >= 11 is 2.48. The molecule has 0 aliphatic heterocycles. The van der Waals surface area contributed by atoms with E-state index < -0.39 is 7.60 Å². The summed E-state index contributed by atoms with van der Waals surface area (Å²) in [5.74, 6) is 0. The zero-order valence-electron chi connectivity index (χ0n) is 19.1. The summed E-state index contributed by atoms with van der Waals surface area (Å²) in [6.07, 6.45) is 29.5. The summed E-state index contributed by atoms with van der Waals surface area (Å²) in [6.45, 7) is 0. The molecule has 0 rings (SSSR count). The molecule has 0 bridgehead atoms. The van der Waals surface area contributed by atoms with E-state index in [2.05, 4.69) is 22.6 Å². The lowest BCUT2D eigenvalue weighted by atomic mass is 10.0. The second kappa shape index (κ2) is 23.5. The first-order valence-corrected chi connectivity index (χ1v) is 16.0. The van der Waals surface area contributed by atoms with Crippen LogP contribution < -0.4 is 0 Å². The SMILES string of the molecule is O=P(O)(O)CCCCCCCCCCCCCCCCCCCCCCCCI. The van der Waals surface area contributed by atoms with Crippen molar-refractivity contribution in [3.05, 3.63) is 0 Å². The third kappa shape index (κ3) is 28.9. The number of alkyl halides is 1. The number of rotatable bonds is 24. The van der Waals surface area contributed by atoms with Crippen molar-refractivity contribution in [2.24, 2.45) is 0 Å². The molecule has 0 radical (unpaired) electrons. The van der Waals surface area contributed by atoms with Crippen LogP contribution in [0.25, 0.3) is 0 Å². The minimum atomic E-state index is -3.76. The maximum Gasteiger partial charge on any atom is 0.325 e. The van der Waals surface area contributed by atoms with Crippen LogP contribution in [0.15, 0.2) is 0 Å². The topological polar surface area (TPSA) is 57.5 Å². The van der Waals surface area contributed by atoms with Crippen molar-refractivity contribution in [1.82, 2.24) is 0 Å². The van der Waals surface area contributed by atoms with E-state index in [4.69, 9.17) is 9.79 Å². The van der Waals surface area contributed by atoms with E-state index in [0.717, 1.165) is 12.8 Å². The fourth-order valence-electron chi connectivity index (χ4n) is 3.95. The van der Waals surface area contributed by atoms with Crippen LogP contribution in [0.1, 0.15) is 141 Å². The first kappa shape index (κ1) is 29.9. The summed E-state index contributed by atoms with van der Waals surface area (Å²) in [5.41, 5.74) is 0. The molecule has 0 aromatic heterocycles. The van der Waals surface area contributed by atoms with Gasteiger partial charge >= 0.3 is 7.60 Å². The zero-order valence-corrected chi connectivity index (χ0v) is 22.2. The van der Waals surface area contributed by atoms with Gasteiger partial charge in [0.05, 0.1) is 0 Å². The molecule has 0 aliphatic carbocycles. The molecule has 5 heteroatoms. The molecule has 176 valence electrons. The van der Waals surface area contributed by atoms with Crippen molar-refractivity contribution >= 4 is 30.2 Å². The van der Waals surface area contributed by atoms with Gasteiger partial charge in [0.25, 0.3) is 0 Å². The summed E-state index contributed by atoms with van der Waals surface area (Å²) in [5, 5.41) is 0. The molecule has 0 aromatic carbocycles. The van der Waals surface area contributed by atoms with Gasteiger partial charge in [0.2, 0.25) is 0 Å². The maximum atomic E-state index is 10.7. The summed E-state index contributed by atoms with van der Waals surface area (Å²) in [4.78, 5) is 17.6. The second-order valence-electron chi connectivity index (χ2n) is 8.86. The van der Waals surface area contributed by atoms with Crippen molar-refractivity contribution in [3.63, 3.8) is 0 Å². The van der Waals surface area contributed by atoms with Gasteiger partial charge in [-0.05, 0) is 17.3 Å². The molecule has 0 heterocycles. The highest BCUT2D eigenvalue weighted by Crippen LogP contribution is 2.35. The number of unbranched alkanes of at least 4 members (excludes halogenated alkanes) is 21. The summed E-state index contributed by atoms with van der Waals surface area (Å²) in [7, 11) is -3.76. The van der Waals surface area contributed by atoms with Gasteiger partial charge in [0, 0.05) is 6.16 Å². The Morgan fingerprint density at radius 3 is 0.828 bits per heavy atom. The van der Waals surface area contributed by atoms with Crippen LogP contribution in [-0.4, -0.2) is 20.4 Å². The van der Waals surface area contributed by atoms with Crippen LogP contribution >= 0.6 is 30.2 Å². The van der Waals surface area contributed by atoms with Crippen molar-refractivity contribution in [2.75, 3.05) is 10.6 Å². The zero-order chi connectivity index (χ0) is 21.5. The van der Waals surface area contributed by atoms with Crippen LogP contribution in [0.5, 0.6) is 0 Å². The lowest BCUT2D eigenvalue weighted by Crippen LogP contribution is -1.88. The van der Waals surface area contributed by atoms with Gasteiger partial charge in [-0.1, -0.05) is 151 Å². The van der Waals surface area contributed by atoms with Gasteiger partial charge in [-0.15, -0.1) is 0 Å². The quantitative estimate of drug-likeness (QED) is 0.0551. The van der Waals surface area contributed by atoms with E-state index in [0.29, 0.717) is 6.42 Å². The standard InChI is InChI=1S/C24H50IO3P/c25-23-21-19-17-15-13-11-9-7-5-3-1-2-4-6-8-10-12-14-16-18-20-22-24-29(26,27)28/h1-24H2,(H2,26,27,28). The van der Waals surface area contributed by atoms with E-state index >= 15 is 0 Å². The third-order valence-electron chi connectivity index (χ3n) is 5.83. The normalized spacial score (nSPS) is 12.0. The fourth-order valence-corrected chi connectivity index (χ4v) is 5.12. The molecule has 0 amide bonds. The molecule has 29 heavy (non-hydrogen) atoms. The molecule has 0 unspecified atom stereocenters. The van der Waals surface area contributed by atoms with Gasteiger partial charge in [-0.2, -0.15) is 0 Å². The van der Waals surface area contributed by atoms with E-state index in [1.807, 2.05) is 0 Å². The molecule has 0 saturated carbocycles. The Labute approximate surface area is 195 Å². The Morgan fingerprint density at radius 1 is 0.414 bits per heavy atom. The monoisotopic (exact) mass is 544 g/mol. The molecule has 0 saturated heterocycles. The lowest BCUT2D eigenvalue weighted by Gasteiger charge is -2.05. The van der Waals surface area contributed by atoms with E-state index in [1.165, 1.54) is 126 Å². The number of hydrogen-bond donors (Lipinski definition) is 2. The summed E-state index contributed by atoms with van der Waals surface area (Å²) in [6, 6.07) is 0. The first-order chi connectivity index (χ1) is 14.1. The largest absolute Gasteiger partial charge is 0.325 e. The molecule has 0 fully saturated rings. The summed E-state index contributed by atoms with van der Waals surface area (Å²) < 4.78 is 12.1. The predicted molar refractivity (Wildman–Crippen MR) is 137 cm³/mol. The van der Waals surface area contributed by atoms with Crippen molar-refractivity contribution in [1.29, 1.82) is 0 Å². The highest BCUT2D eigenvalue weighted by Gasteiger charge is 2.10.